The largest absolute Gasteiger partial charge is 0.495 e. The average molecular weight is 284 g/mol. The first-order chi connectivity index (χ1) is 9.13. The van der Waals surface area contributed by atoms with Crippen molar-refractivity contribution in [3.63, 3.8) is 0 Å². The minimum atomic E-state index is 0.421. The zero-order chi connectivity index (χ0) is 13.8. The van der Waals surface area contributed by atoms with Crippen molar-refractivity contribution in [1.29, 1.82) is 0 Å². The molecule has 1 fully saturated rings. The van der Waals surface area contributed by atoms with E-state index in [-0.39, 0.29) is 0 Å². The van der Waals surface area contributed by atoms with E-state index < -0.39 is 0 Å². The molecule has 106 valence electrons. The molecule has 1 atom stereocenters. The van der Waals surface area contributed by atoms with Gasteiger partial charge in [0.1, 0.15) is 11.5 Å². The Hall–Kier alpha value is -1.09. The standard InChI is InChI=1S/C15H22ClNO2/c1-10(7-11-5-4-6-11)17-13-9-14(18-2)12(16)8-15(13)19-3/h8-11,17H,4-7H2,1-3H3. The fraction of sp³-hybridized carbons (Fsp3) is 0.600. The van der Waals surface area contributed by atoms with E-state index in [1.165, 1.54) is 25.7 Å². The fourth-order valence-corrected chi connectivity index (χ4v) is 2.76. The molecular weight excluding hydrogens is 262 g/mol. The highest BCUT2D eigenvalue weighted by Gasteiger charge is 2.20. The SMILES string of the molecule is COc1cc(NC(C)CC2CCC2)c(OC)cc1Cl. The highest BCUT2D eigenvalue weighted by atomic mass is 35.5. The molecule has 0 bridgehead atoms. The molecule has 0 spiro atoms. The van der Waals surface area contributed by atoms with Crippen LogP contribution in [0.1, 0.15) is 32.6 Å². The minimum Gasteiger partial charge on any atom is -0.495 e. The molecule has 1 N–H and O–H groups in total. The van der Waals surface area contributed by atoms with Crippen LogP contribution in [-0.4, -0.2) is 20.3 Å². The Morgan fingerprint density at radius 1 is 1.26 bits per heavy atom. The summed E-state index contributed by atoms with van der Waals surface area (Å²) in [4.78, 5) is 0. The molecule has 1 aromatic rings. The molecule has 0 saturated heterocycles. The molecule has 1 saturated carbocycles. The second-order valence-corrected chi connectivity index (χ2v) is 5.67. The van der Waals surface area contributed by atoms with Crippen LogP contribution in [0, 0.1) is 5.92 Å². The van der Waals surface area contributed by atoms with E-state index in [1.807, 2.05) is 6.07 Å². The predicted octanol–water partition coefficient (Wildman–Crippen LogP) is 4.35. The molecule has 1 aliphatic carbocycles. The van der Waals surface area contributed by atoms with Gasteiger partial charge in [0.05, 0.1) is 24.9 Å². The Bertz CT molecular complexity index is 432. The van der Waals surface area contributed by atoms with Crippen molar-refractivity contribution in [2.75, 3.05) is 19.5 Å². The Labute approximate surface area is 120 Å². The number of benzene rings is 1. The first-order valence-corrected chi connectivity index (χ1v) is 7.20. The number of anilines is 1. The topological polar surface area (TPSA) is 30.5 Å². The fourth-order valence-electron chi connectivity index (χ4n) is 2.53. The number of hydrogen-bond donors (Lipinski definition) is 1. The van der Waals surface area contributed by atoms with E-state index >= 15 is 0 Å². The first kappa shape index (κ1) is 14.3. The van der Waals surface area contributed by atoms with Crippen molar-refractivity contribution in [3.8, 4) is 11.5 Å². The van der Waals surface area contributed by atoms with Crippen molar-refractivity contribution in [1.82, 2.24) is 0 Å². The van der Waals surface area contributed by atoms with Crippen LogP contribution in [-0.2, 0) is 0 Å². The van der Waals surface area contributed by atoms with Gasteiger partial charge in [0.15, 0.2) is 0 Å². The molecule has 0 heterocycles. The summed E-state index contributed by atoms with van der Waals surface area (Å²) < 4.78 is 10.6. The maximum Gasteiger partial charge on any atom is 0.143 e. The molecule has 1 aliphatic rings. The summed E-state index contributed by atoms with van der Waals surface area (Å²) in [7, 11) is 3.27. The monoisotopic (exact) mass is 283 g/mol. The number of methoxy groups -OCH3 is 2. The van der Waals surface area contributed by atoms with Crippen molar-refractivity contribution in [2.24, 2.45) is 5.92 Å². The van der Waals surface area contributed by atoms with Crippen molar-refractivity contribution >= 4 is 17.3 Å². The van der Waals surface area contributed by atoms with Gasteiger partial charge in [0.2, 0.25) is 0 Å². The van der Waals surface area contributed by atoms with Gasteiger partial charge in [-0.25, -0.2) is 0 Å². The lowest BCUT2D eigenvalue weighted by Crippen LogP contribution is -2.23. The second-order valence-electron chi connectivity index (χ2n) is 5.27. The summed E-state index contributed by atoms with van der Waals surface area (Å²) in [6.45, 7) is 2.21. The third kappa shape index (κ3) is 3.47. The van der Waals surface area contributed by atoms with Crippen molar-refractivity contribution < 1.29 is 9.47 Å². The number of rotatable bonds is 6. The molecular formula is C15H22ClNO2. The van der Waals surface area contributed by atoms with Crippen LogP contribution in [0.5, 0.6) is 11.5 Å². The van der Waals surface area contributed by atoms with Gasteiger partial charge in [-0.15, -0.1) is 0 Å². The Balaban J connectivity index is 2.08. The maximum absolute atomic E-state index is 6.10. The average Bonchev–Trinajstić information content (AvgIpc) is 2.35. The lowest BCUT2D eigenvalue weighted by Gasteiger charge is -2.29. The van der Waals surface area contributed by atoms with Gasteiger partial charge in [0.25, 0.3) is 0 Å². The maximum atomic E-state index is 6.10. The summed E-state index contributed by atoms with van der Waals surface area (Å²) in [6, 6.07) is 4.11. The van der Waals surface area contributed by atoms with E-state index in [1.54, 1.807) is 20.3 Å². The van der Waals surface area contributed by atoms with E-state index in [4.69, 9.17) is 21.1 Å². The van der Waals surface area contributed by atoms with Crippen LogP contribution in [0.25, 0.3) is 0 Å². The van der Waals surface area contributed by atoms with E-state index in [0.29, 0.717) is 16.8 Å². The quantitative estimate of drug-likeness (QED) is 0.842. The first-order valence-electron chi connectivity index (χ1n) is 6.82. The van der Waals surface area contributed by atoms with Crippen LogP contribution in [0.2, 0.25) is 5.02 Å². The summed E-state index contributed by atoms with van der Waals surface area (Å²) in [5, 5.41) is 4.07. The van der Waals surface area contributed by atoms with Gasteiger partial charge in [-0.1, -0.05) is 30.9 Å². The predicted molar refractivity (Wildman–Crippen MR) is 79.6 cm³/mol. The highest BCUT2D eigenvalue weighted by Crippen LogP contribution is 2.37. The molecule has 0 aliphatic heterocycles. The Kier molecular flexibility index (Phi) is 4.81. The van der Waals surface area contributed by atoms with Crippen LogP contribution >= 0.6 is 11.6 Å². The zero-order valence-corrected chi connectivity index (χ0v) is 12.6. The van der Waals surface area contributed by atoms with Crippen molar-refractivity contribution in [2.45, 2.75) is 38.6 Å². The number of halogens is 1. The molecule has 0 aromatic heterocycles. The molecule has 0 radical (unpaired) electrons. The normalized spacial score (nSPS) is 16.6. The minimum absolute atomic E-state index is 0.421. The molecule has 1 aromatic carbocycles. The van der Waals surface area contributed by atoms with Crippen LogP contribution in [0.3, 0.4) is 0 Å². The molecule has 19 heavy (non-hydrogen) atoms. The van der Waals surface area contributed by atoms with E-state index in [2.05, 4.69) is 12.2 Å². The number of nitrogens with one attached hydrogen (secondary N) is 1. The van der Waals surface area contributed by atoms with Gasteiger partial charge in [-0.2, -0.15) is 0 Å². The van der Waals surface area contributed by atoms with Gasteiger partial charge >= 0.3 is 0 Å². The molecule has 1 unspecified atom stereocenters. The highest BCUT2D eigenvalue weighted by molar-refractivity contribution is 6.32. The summed E-state index contributed by atoms with van der Waals surface area (Å²) >= 11 is 6.10. The van der Waals surface area contributed by atoms with Crippen molar-refractivity contribution in [3.05, 3.63) is 17.2 Å². The third-order valence-corrected chi connectivity index (χ3v) is 4.08. The smallest absolute Gasteiger partial charge is 0.143 e. The number of hydrogen-bond acceptors (Lipinski definition) is 3. The lowest BCUT2D eigenvalue weighted by molar-refractivity contribution is 0.285. The van der Waals surface area contributed by atoms with Crippen LogP contribution < -0.4 is 14.8 Å². The Morgan fingerprint density at radius 2 is 1.95 bits per heavy atom. The molecule has 0 amide bonds. The van der Waals surface area contributed by atoms with Gasteiger partial charge in [-0.05, 0) is 19.3 Å². The number of ether oxygens (including phenoxy) is 2. The second kappa shape index (κ2) is 6.38. The van der Waals surface area contributed by atoms with Gasteiger partial charge < -0.3 is 14.8 Å². The zero-order valence-electron chi connectivity index (χ0n) is 11.8. The lowest BCUT2D eigenvalue weighted by atomic mass is 9.81. The summed E-state index contributed by atoms with van der Waals surface area (Å²) in [5.41, 5.74) is 0.940. The molecule has 3 nitrogen and oxygen atoms in total. The third-order valence-electron chi connectivity index (χ3n) is 3.79. The van der Waals surface area contributed by atoms with Crippen LogP contribution in [0.15, 0.2) is 12.1 Å². The van der Waals surface area contributed by atoms with E-state index in [9.17, 15) is 0 Å². The Morgan fingerprint density at radius 3 is 2.47 bits per heavy atom. The van der Waals surface area contributed by atoms with Crippen LogP contribution in [0.4, 0.5) is 5.69 Å². The van der Waals surface area contributed by atoms with Gasteiger partial charge in [-0.3, -0.25) is 0 Å². The molecule has 2 rings (SSSR count). The van der Waals surface area contributed by atoms with E-state index in [0.717, 1.165) is 17.4 Å². The molecule has 4 heteroatoms. The van der Waals surface area contributed by atoms with Gasteiger partial charge in [0, 0.05) is 18.2 Å². The summed E-state index contributed by atoms with van der Waals surface area (Å²) in [6.07, 6.45) is 5.32. The summed E-state index contributed by atoms with van der Waals surface area (Å²) in [5.74, 6) is 2.30.